The minimum Gasteiger partial charge on any atom is -0.382 e. The molecule has 0 saturated carbocycles. The highest BCUT2D eigenvalue weighted by Crippen LogP contribution is 2.18. The summed E-state index contributed by atoms with van der Waals surface area (Å²) in [5, 5.41) is 2.96. The molecule has 4 nitrogen and oxygen atoms in total. The number of nitrogens with two attached hydrogens (primary N) is 1. The molecule has 4 heteroatoms. The number of amides is 1. The number of rotatable bonds is 6. The number of hydrogen-bond donors (Lipinski definition) is 2. The van der Waals surface area contributed by atoms with Gasteiger partial charge < -0.3 is 15.8 Å². The van der Waals surface area contributed by atoms with E-state index in [1.165, 1.54) is 0 Å². The Bertz CT molecular complexity index is 529. The van der Waals surface area contributed by atoms with Crippen molar-refractivity contribution >= 4 is 11.6 Å². The van der Waals surface area contributed by atoms with Crippen LogP contribution in [0.4, 0.5) is 5.69 Å². The molecule has 1 unspecified atom stereocenters. The highest BCUT2D eigenvalue weighted by molar-refractivity contribution is 5.91. The zero-order valence-electron chi connectivity index (χ0n) is 13.0. The van der Waals surface area contributed by atoms with Gasteiger partial charge in [-0.1, -0.05) is 18.8 Å². The van der Waals surface area contributed by atoms with Crippen molar-refractivity contribution < 1.29 is 9.53 Å². The fourth-order valence-corrected chi connectivity index (χ4v) is 1.90. The summed E-state index contributed by atoms with van der Waals surface area (Å²) in [7, 11) is 1.65. The van der Waals surface area contributed by atoms with Gasteiger partial charge in [0.1, 0.15) is 0 Å². The summed E-state index contributed by atoms with van der Waals surface area (Å²) in [6.07, 6.45) is 2.09. The molecule has 0 spiro atoms. The number of aryl methyl sites for hydroxylation is 1. The third-order valence-electron chi connectivity index (χ3n) is 3.28. The first kappa shape index (κ1) is 17.2. The zero-order valence-corrected chi connectivity index (χ0v) is 13.0. The molecule has 0 aliphatic rings. The summed E-state index contributed by atoms with van der Waals surface area (Å²) in [5.74, 6) is 5.84. The predicted octanol–water partition coefficient (Wildman–Crippen LogP) is 2.31. The van der Waals surface area contributed by atoms with Gasteiger partial charge in [0.25, 0.3) is 0 Å². The lowest BCUT2D eigenvalue weighted by atomic mass is 10.1. The van der Waals surface area contributed by atoms with Crippen LogP contribution >= 0.6 is 0 Å². The van der Waals surface area contributed by atoms with Gasteiger partial charge in [-0.25, -0.2) is 0 Å². The number of ether oxygens (including phenoxy) is 1. The predicted molar refractivity (Wildman–Crippen MR) is 86.1 cm³/mol. The van der Waals surface area contributed by atoms with Crippen molar-refractivity contribution in [1.82, 2.24) is 0 Å². The van der Waals surface area contributed by atoms with Crippen LogP contribution in [0.1, 0.15) is 37.8 Å². The van der Waals surface area contributed by atoms with Crippen LogP contribution in [0.5, 0.6) is 0 Å². The van der Waals surface area contributed by atoms with Crippen LogP contribution in [0.15, 0.2) is 18.2 Å². The number of benzene rings is 1. The monoisotopic (exact) mass is 288 g/mol. The average Bonchev–Trinajstić information content (AvgIpc) is 2.51. The molecule has 1 rings (SSSR count). The van der Waals surface area contributed by atoms with E-state index >= 15 is 0 Å². The number of carbonyl (C=O) groups is 1. The first-order valence-corrected chi connectivity index (χ1v) is 7.25. The quantitative estimate of drug-likeness (QED) is 0.790. The fraction of sp³-hybridized carbons (Fsp3) is 0.471. The standard InChI is InChI=1S/C17H24N2O2/c1-4-15-12-14(6-5-11-18)8-9-16(15)19-17(20)10-7-13(2)21-3/h8-9,12-13H,4,7,10-11,18H2,1-3H3,(H,19,20). The van der Waals surface area contributed by atoms with Crippen molar-refractivity contribution in [2.24, 2.45) is 5.73 Å². The summed E-state index contributed by atoms with van der Waals surface area (Å²) < 4.78 is 5.14. The lowest BCUT2D eigenvalue weighted by Gasteiger charge is -2.12. The molecule has 114 valence electrons. The molecule has 0 aliphatic carbocycles. The topological polar surface area (TPSA) is 64.3 Å². The molecule has 0 heterocycles. The van der Waals surface area contributed by atoms with Gasteiger partial charge in [0, 0.05) is 24.8 Å². The molecule has 1 aromatic rings. The summed E-state index contributed by atoms with van der Waals surface area (Å²) in [4.78, 5) is 11.9. The van der Waals surface area contributed by atoms with Crippen molar-refractivity contribution in [2.75, 3.05) is 19.0 Å². The van der Waals surface area contributed by atoms with E-state index in [1.54, 1.807) is 7.11 Å². The van der Waals surface area contributed by atoms with Crippen LogP contribution in [0, 0.1) is 11.8 Å². The second-order valence-corrected chi connectivity index (χ2v) is 4.86. The number of hydrogen-bond acceptors (Lipinski definition) is 3. The molecule has 0 fully saturated rings. The van der Waals surface area contributed by atoms with Gasteiger partial charge in [-0.2, -0.15) is 0 Å². The molecule has 1 atom stereocenters. The van der Waals surface area contributed by atoms with Gasteiger partial charge >= 0.3 is 0 Å². The van der Waals surface area contributed by atoms with Crippen LogP contribution in [0.3, 0.4) is 0 Å². The van der Waals surface area contributed by atoms with Crippen molar-refractivity contribution in [1.29, 1.82) is 0 Å². The molecule has 21 heavy (non-hydrogen) atoms. The fourth-order valence-electron chi connectivity index (χ4n) is 1.90. The second-order valence-electron chi connectivity index (χ2n) is 4.86. The molecule has 0 aliphatic heterocycles. The Kier molecular flexibility index (Phi) is 7.52. The normalized spacial score (nSPS) is 11.4. The van der Waals surface area contributed by atoms with Gasteiger partial charge in [-0.05, 0) is 43.5 Å². The summed E-state index contributed by atoms with van der Waals surface area (Å²) in [6, 6.07) is 5.79. The molecule has 3 N–H and O–H groups in total. The van der Waals surface area contributed by atoms with E-state index in [4.69, 9.17) is 10.5 Å². The third kappa shape index (κ3) is 5.99. The van der Waals surface area contributed by atoms with Crippen molar-refractivity contribution in [3.05, 3.63) is 29.3 Å². The third-order valence-corrected chi connectivity index (χ3v) is 3.28. The van der Waals surface area contributed by atoms with E-state index in [-0.39, 0.29) is 12.0 Å². The van der Waals surface area contributed by atoms with E-state index in [9.17, 15) is 4.79 Å². The Balaban J connectivity index is 2.72. The van der Waals surface area contributed by atoms with Gasteiger partial charge in [-0.15, -0.1) is 0 Å². The Labute approximate surface area is 127 Å². The summed E-state index contributed by atoms with van der Waals surface area (Å²) in [5.41, 5.74) is 8.22. The van der Waals surface area contributed by atoms with Crippen LogP contribution in [0.2, 0.25) is 0 Å². The molecule has 0 bridgehead atoms. The van der Waals surface area contributed by atoms with E-state index in [2.05, 4.69) is 24.1 Å². The molecule has 0 saturated heterocycles. The van der Waals surface area contributed by atoms with E-state index in [0.717, 1.165) is 23.2 Å². The highest BCUT2D eigenvalue weighted by Gasteiger charge is 2.08. The maximum Gasteiger partial charge on any atom is 0.224 e. The molecular formula is C17H24N2O2. The molecular weight excluding hydrogens is 264 g/mol. The Hall–Kier alpha value is -1.83. The summed E-state index contributed by atoms with van der Waals surface area (Å²) >= 11 is 0. The minimum absolute atomic E-state index is 0.00870. The first-order valence-electron chi connectivity index (χ1n) is 7.25. The van der Waals surface area contributed by atoms with Gasteiger partial charge in [0.05, 0.1) is 12.6 Å². The first-order chi connectivity index (χ1) is 10.1. The average molecular weight is 288 g/mol. The number of anilines is 1. The van der Waals surface area contributed by atoms with Crippen LogP contribution in [-0.4, -0.2) is 25.7 Å². The SMILES string of the molecule is CCc1cc(C#CCN)ccc1NC(=O)CCC(C)OC. The van der Waals surface area contributed by atoms with E-state index in [1.807, 2.05) is 25.1 Å². The largest absolute Gasteiger partial charge is 0.382 e. The number of nitrogens with one attached hydrogen (secondary N) is 1. The van der Waals surface area contributed by atoms with Gasteiger partial charge in [0.15, 0.2) is 0 Å². The Morgan fingerprint density at radius 2 is 2.24 bits per heavy atom. The maximum atomic E-state index is 11.9. The van der Waals surface area contributed by atoms with Gasteiger partial charge in [-0.3, -0.25) is 4.79 Å². The number of methoxy groups -OCH3 is 1. The van der Waals surface area contributed by atoms with Crippen molar-refractivity contribution in [3.63, 3.8) is 0 Å². The minimum atomic E-state index is 0.00870. The highest BCUT2D eigenvalue weighted by atomic mass is 16.5. The lowest BCUT2D eigenvalue weighted by Crippen LogP contribution is -2.16. The Morgan fingerprint density at radius 1 is 1.48 bits per heavy atom. The van der Waals surface area contributed by atoms with Crippen molar-refractivity contribution in [3.8, 4) is 11.8 Å². The van der Waals surface area contributed by atoms with Crippen LogP contribution in [-0.2, 0) is 16.0 Å². The van der Waals surface area contributed by atoms with E-state index in [0.29, 0.717) is 19.4 Å². The zero-order chi connectivity index (χ0) is 15.7. The van der Waals surface area contributed by atoms with Crippen LogP contribution < -0.4 is 11.1 Å². The second kappa shape index (κ2) is 9.17. The van der Waals surface area contributed by atoms with Crippen molar-refractivity contribution in [2.45, 2.75) is 39.2 Å². The summed E-state index contributed by atoms with van der Waals surface area (Å²) in [6.45, 7) is 4.35. The van der Waals surface area contributed by atoms with Gasteiger partial charge in [0.2, 0.25) is 5.91 Å². The number of carbonyl (C=O) groups excluding carboxylic acids is 1. The lowest BCUT2D eigenvalue weighted by molar-refractivity contribution is -0.116. The van der Waals surface area contributed by atoms with Crippen LogP contribution in [0.25, 0.3) is 0 Å². The Morgan fingerprint density at radius 3 is 2.86 bits per heavy atom. The molecule has 1 aromatic carbocycles. The maximum absolute atomic E-state index is 11.9. The molecule has 1 amide bonds. The van der Waals surface area contributed by atoms with E-state index < -0.39 is 0 Å². The molecule has 0 radical (unpaired) electrons. The smallest absolute Gasteiger partial charge is 0.224 e. The molecule has 0 aromatic heterocycles.